The normalized spacial score (nSPS) is 27.2. The summed E-state index contributed by atoms with van der Waals surface area (Å²) in [5, 5.41) is 0. The quantitative estimate of drug-likeness (QED) is 0.704. The molecule has 1 aliphatic heterocycles. The zero-order valence-corrected chi connectivity index (χ0v) is 9.31. The van der Waals surface area contributed by atoms with E-state index >= 15 is 0 Å². The molecule has 0 unspecified atom stereocenters. The molecule has 0 saturated carbocycles. The molecule has 0 aliphatic carbocycles. The first-order valence-corrected chi connectivity index (χ1v) is 5.22. The molecule has 0 amide bonds. The Morgan fingerprint density at radius 2 is 1.92 bits per heavy atom. The third kappa shape index (κ3) is 4.84. The first-order chi connectivity index (χ1) is 5.86. The van der Waals surface area contributed by atoms with Gasteiger partial charge in [0.1, 0.15) is 0 Å². The maximum absolute atomic E-state index is 5.73. The average molecular weight is 208 g/mol. The smallest absolute Gasteiger partial charge is 0.0702 e. The highest BCUT2D eigenvalue weighted by molar-refractivity contribution is 5.85. The first-order valence-electron chi connectivity index (χ1n) is 5.22. The fraction of sp³-hybridized carbons (Fsp3) is 1.00. The van der Waals surface area contributed by atoms with Gasteiger partial charge in [-0.3, -0.25) is 0 Å². The molecule has 1 rings (SSSR count). The molecule has 0 spiro atoms. The van der Waals surface area contributed by atoms with Crippen molar-refractivity contribution >= 4 is 12.4 Å². The van der Waals surface area contributed by atoms with Crippen LogP contribution in [0, 0.1) is 0 Å². The summed E-state index contributed by atoms with van der Waals surface area (Å²) in [7, 11) is 0. The Morgan fingerprint density at radius 1 is 1.23 bits per heavy atom. The second kappa shape index (κ2) is 7.60. The summed E-state index contributed by atoms with van der Waals surface area (Å²) in [6.45, 7) is 2.93. The van der Waals surface area contributed by atoms with Crippen molar-refractivity contribution in [3.05, 3.63) is 0 Å². The van der Waals surface area contributed by atoms with Crippen LogP contribution in [0.1, 0.15) is 45.4 Å². The molecule has 1 fully saturated rings. The van der Waals surface area contributed by atoms with Gasteiger partial charge < -0.3 is 10.5 Å². The van der Waals surface area contributed by atoms with Gasteiger partial charge in [-0.25, -0.2) is 0 Å². The Bertz CT molecular complexity index is 121. The van der Waals surface area contributed by atoms with Crippen molar-refractivity contribution in [3.63, 3.8) is 0 Å². The number of ether oxygens (including phenoxy) is 1. The van der Waals surface area contributed by atoms with E-state index in [0.29, 0.717) is 18.8 Å². The summed E-state index contributed by atoms with van der Waals surface area (Å²) in [5.74, 6) is 0. The van der Waals surface area contributed by atoms with Crippen LogP contribution in [0.15, 0.2) is 0 Å². The summed E-state index contributed by atoms with van der Waals surface area (Å²) in [6.07, 6.45) is 8.48. The summed E-state index contributed by atoms with van der Waals surface area (Å²) < 4.78 is 5.73. The van der Waals surface area contributed by atoms with Gasteiger partial charge in [0.2, 0.25) is 0 Å². The molecule has 0 aromatic heterocycles. The van der Waals surface area contributed by atoms with E-state index < -0.39 is 0 Å². The molecule has 0 aromatic rings. The summed E-state index contributed by atoms with van der Waals surface area (Å²) in [6, 6.07) is 0. The van der Waals surface area contributed by atoms with E-state index in [1.54, 1.807) is 0 Å². The van der Waals surface area contributed by atoms with Crippen LogP contribution in [0.25, 0.3) is 0 Å². The predicted molar refractivity (Wildman–Crippen MR) is 58.3 cm³/mol. The fourth-order valence-electron chi connectivity index (χ4n) is 1.79. The standard InChI is InChI=1S/C10H21NO.ClH/c1-2-3-4-5-9-6-7-10(8-11)12-9;/h9-10H,2-8,11H2,1H3;1H/t9-,10-;/m1./s1. The average Bonchev–Trinajstić information content (AvgIpc) is 2.53. The van der Waals surface area contributed by atoms with Crippen LogP contribution in [0.3, 0.4) is 0 Å². The van der Waals surface area contributed by atoms with Crippen molar-refractivity contribution in [2.45, 2.75) is 57.7 Å². The van der Waals surface area contributed by atoms with E-state index in [1.165, 1.54) is 38.5 Å². The minimum absolute atomic E-state index is 0. The first kappa shape index (κ1) is 13.2. The Hall–Kier alpha value is 0.210. The second-order valence-electron chi connectivity index (χ2n) is 3.69. The van der Waals surface area contributed by atoms with Gasteiger partial charge in [-0.1, -0.05) is 26.2 Å². The Labute approximate surface area is 87.6 Å². The van der Waals surface area contributed by atoms with E-state index in [1.807, 2.05) is 0 Å². The molecule has 1 heterocycles. The molecular weight excluding hydrogens is 186 g/mol. The number of hydrogen-bond donors (Lipinski definition) is 1. The summed E-state index contributed by atoms with van der Waals surface area (Å²) in [5.41, 5.74) is 5.53. The minimum Gasteiger partial charge on any atom is -0.374 e. The lowest BCUT2D eigenvalue weighted by Gasteiger charge is -2.11. The van der Waals surface area contributed by atoms with E-state index in [-0.39, 0.29) is 12.4 Å². The molecule has 80 valence electrons. The molecule has 2 nitrogen and oxygen atoms in total. The summed E-state index contributed by atoms with van der Waals surface area (Å²) in [4.78, 5) is 0. The molecule has 2 atom stereocenters. The number of nitrogens with two attached hydrogens (primary N) is 1. The third-order valence-corrected chi connectivity index (χ3v) is 2.59. The van der Waals surface area contributed by atoms with Gasteiger partial charge >= 0.3 is 0 Å². The molecule has 0 aromatic carbocycles. The molecule has 13 heavy (non-hydrogen) atoms. The zero-order valence-electron chi connectivity index (χ0n) is 8.50. The van der Waals surface area contributed by atoms with Crippen LogP contribution in [-0.2, 0) is 4.74 Å². The second-order valence-corrected chi connectivity index (χ2v) is 3.69. The number of rotatable bonds is 5. The van der Waals surface area contributed by atoms with Gasteiger partial charge in [0.05, 0.1) is 12.2 Å². The van der Waals surface area contributed by atoms with E-state index in [2.05, 4.69) is 6.92 Å². The highest BCUT2D eigenvalue weighted by atomic mass is 35.5. The van der Waals surface area contributed by atoms with Crippen LogP contribution in [0.5, 0.6) is 0 Å². The predicted octanol–water partition coefficient (Wildman–Crippen LogP) is 2.49. The molecule has 0 bridgehead atoms. The Kier molecular flexibility index (Phi) is 7.72. The lowest BCUT2D eigenvalue weighted by atomic mass is 10.1. The number of unbranched alkanes of at least 4 members (excludes halogenated alkanes) is 2. The molecule has 1 saturated heterocycles. The van der Waals surface area contributed by atoms with E-state index in [4.69, 9.17) is 10.5 Å². The maximum atomic E-state index is 5.73. The minimum atomic E-state index is 0. The van der Waals surface area contributed by atoms with Gasteiger partial charge in [0, 0.05) is 6.54 Å². The fourth-order valence-corrected chi connectivity index (χ4v) is 1.79. The van der Waals surface area contributed by atoms with Crippen molar-refractivity contribution in [3.8, 4) is 0 Å². The van der Waals surface area contributed by atoms with E-state index in [9.17, 15) is 0 Å². The van der Waals surface area contributed by atoms with Crippen molar-refractivity contribution < 1.29 is 4.74 Å². The lowest BCUT2D eigenvalue weighted by molar-refractivity contribution is 0.0442. The largest absolute Gasteiger partial charge is 0.374 e. The van der Waals surface area contributed by atoms with Crippen molar-refractivity contribution in [1.29, 1.82) is 0 Å². The van der Waals surface area contributed by atoms with Crippen LogP contribution in [0.2, 0.25) is 0 Å². The van der Waals surface area contributed by atoms with Crippen molar-refractivity contribution in [2.75, 3.05) is 6.54 Å². The monoisotopic (exact) mass is 207 g/mol. The third-order valence-electron chi connectivity index (χ3n) is 2.59. The van der Waals surface area contributed by atoms with Crippen LogP contribution < -0.4 is 5.73 Å². The topological polar surface area (TPSA) is 35.2 Å². The van der Waals surface area contributed by atoms with Crippen molar-refractivity contribution in [2.24, 2.45) is 5.73 Å². The SMILES string of the molecule is CCCCC[C@@H]1CC[C@H](CN)O1.Cl. The molecule has 1 aliphatic rings. The molecule has 2 N–H and O–H groups in total. The van der Waals surface area contributed by atoms with Crippen molar-refractivity contribution in [1.82, 2.24) is 0 Å². The van der Waals surface area contributed by atoms with Gasteiger partial charge in [0.15, 0.2) is 0 Å². The molecular formula is C10H22ClNO. The number of hydrogen-bond acceptors (Lipinski definition) is 2. The molecule has 0 radical (unpaired) electrons. The van der Waals surface area contributed by atoms with Crippen LogP contribution in [0.4, 0.5) is 0 Å². The van der Waals surface area contributed by atoms with Crippen LogP contribution >= 0.6 is 12.4 Å². The molecule has 3 heteroatoms. The highest BCUT2D eigenvalue weighted by Gasteiger charge is 2.22. The number of halogens is 1. The van der Waals surface area contributed by atoms with Crippen LogP contribution in [-0.4, -0.2) is 18.8 Å². The maximum Gasteiger partial charge on any atom is 0.0702 e. The van der Waals surface area contributed by atoms with E-state index in [0.717, 1.165) is 0 Å². The highest BCUT2D eigenvalue weighted by Crippen LogP contribution is 2.22. The Balaban J connectivity index is 0.00000144. The summed E-state index contributed by atoms with van der Waals surface area (Å²) >= 11 is 0. The zero-order chi connectivity index (χ0) is 8.81. The van der Waals surface area contributed by atoms with Gasteiger partial charge in [-0.15, -0.1) is 12.4 Å². The van der Waals surface area contributed by atoms with Gasteiger partial charge in [0.25, 0.3) is 0 Å². The lowest BCUT2D eigenvalue weighted by Crippen LogP contribution is -2.20. The van der Waals surface area contributed by atoms with Gasteiger partial charge in [-0.2, -0.15) is 0 Å². The Morgan fingerprint density at radius 3 is 2.46 bits per heavy atom. The van der Waals surface area contributed by atoms with Gasteiger partial charge in [-0.05, 0) is 19.3 Å².